The number of nitrogens with zero attached hydrogens (tertiary/aromatic N) is 1. The first kappa shape index (κ1) is 16.1. The lowest BCUT2D eigenvalue weighted by Gasteiger charge is -2.16. The van der Waals surface area contributed by atoms with Crippen molar-refractivity contribution < 1.29 is 9.72 Å². The summed E-state index contributed by atoms with van der Waals surface area (Å²) in [6.07, 6.45) is 1.14. The molecule has 0 spiro atoms. The van der Waals surface area contributed by atoms with Gasteiger partial charge in [0.05, 0.1) is 4.92 Å². The summed E-state index contributed by atoms with van der Waals surface area (Å²) >= 11 is 0. The highest BCUT2D eigenvalue weighted by Gasteiger charge is 2.18. The third-order valence-electron chi connectivity index (χ3n) is 2.99. The Morgan fingerprint density at radius 1 is 1.40 bits per heavy atom. The van der Waals surface area contributed by atoms with Crippen LogP contribution >= 0.6 is 0 Å². The maximum absolute atomic E-state index is 11.9. The van der Waals surface area contributed by atoms with Gasteiger partial charge in [-0.15, -0.1) is 0 Å². The number of nitrogens with one attached hydrogen (secondary N) is 1. The van der Waals surface area contributed by atoms with Gasteiger partial charge in [-0.3, -0.25) is 14.9 Å². The second-order valence-electron chi connectivity index (χ2n) is 5.26. The average molecular weight is 279 g/mol. The number of hydrogen-bond acceptors (Lipinski definition) is 4. The van der Waals surface area contributed by atoms with E-state index in [1.165, 1.54) is 12.1 Å². The Morgan fingerprint density at radius 2 is 2.05 bits per heavy atom. The maximum Gasteiger partial charge on any atom is 0.292 e. The summed E-state index contributed by atoms with van der Waals surface area (Å²) in [7, 11) is 0. The number of benzene rings is 1. The van der Waals surface area contributed by atoms with Crippen LogP contribution < -0.4 is 11.1 Å². The Kier molecular flexibility index (Phi) is 6.11. The average Bonchev–Trinajstić information content (AvgIpc) is 2.37. The highest BCUT2D eigenvalue weighted by atomic mass is 16.6. The zero-order valence-corrected chi connectivity index (χ0v) is 11.8. The SMILES string of the molecule is CC(C)C[C@H](CN)CC(=O)Nc1ccccc1[N+](=O)[O-]. The Morgan fingerprint density at radius 3 is 2.60 bits per heavy atom. The van der Waals surface area contributed by atoms with E-state index in [4.69, 9.17) is 5.73 Å². The van der Waals surface area contributed by atoms with Crippen molar-refractivity contribution in [2.24, 2.45) is 17.6 Å². The van der Waals surface area contributed by atoms with E-state index in [-0.39, 0.29) is 29.6 Å². The fourth-order valence-corrected chi connectivity index (χ4v) is 2.13. The van der Waals surface area contributed by atoms with Gasteiger partial charge >= 0.3 is 0 Å². The third kappa shape index (κ3) is 4.97. The molecule has 0 aliphatic heterocycles. The van der Waals surface area contributed by atoms with Crippen molar-refractivity contribution in [3.05, 3.63) is 34.4 Å². The van der Waals surface area contributed by atoms with E-state index in [1.54, 1.807) is 12.1 Å². The van der Waals surface area contributed by atoms with Crippen LogP contribution in [-0.2, 0) is 4.79 Å². The van der Waals surface area contributed by atoms with Crippen LogP contribution in [0.15, 0.2) is 24.3 Å². The van der Waals surface area contributed by atoms with E-state index >= 15 is 0 Å². The van der Waals surface area contributed by atoms with Crippen molar-refractivity contribution in [1.82, 2.24) is 0 Å². The van der Waals surface area contributed by atoms with Crippen molar-refractivity contribution in [3.8, 4) is 0 Å². The first-order valence-electron chi connectivity index (χ1n) is 6.67. The predicted molar refractivity (Wildman–Crippen MR) is 78.3 cm³/mol. The Bertz CT molecular complexity index is 474. The van der Waals surface area contributed by atoms with Gasteiger partial charge in [-0.2, -0.15) is 0 Å². The minimum atomic E-state index is -0.510. The predicted octanol–water partition coefficient (Wildman–Crippen LogP) is 2.54. The van der Waals surface area contributed by atoms with Crippen LogP contribution in [0.5, 0.6) is 0 Å². The van der Waals surface area contributed by atoms with E-state index < -0.39 is 4.92 Å². The molecule has 6 nitrogen and oxygen atoms in total. The molecule has 6 heteroatoms. The van der Waals surface area contributed by atoms with Gasteiger partial charge in [-0.1, -0.05) is 26.0 Å². The monoisotopic (exact) mass is 279 g/mol. The van der Waals surface area contributed by atoms with Crippen LogP contribution in [0.25, 0.3) is 0 Å². The van der Waals surface area contributed by atoms with Crippen LogP contribution in [0.2, 0.25) is 0 Å². The zero-order valence-electron chi connectivity index (χ0n) is 11.8. The second-order valence-corrected chi connectivity index (χ2v) is 5.26. The third-order valence-corrected chi connectivity index (χ3v) is 2.99. The van der Waals surface area contributed by atoms with E-state index in [1.807, 2.05) is 0 Å². The molecule has 0 saturated carbocycles. The summed E-state index contributed by atoms with van der Waals surface area (Å²) in [6.45, 7) is 4.58. The van der Waals surface area contributed by atoms with Crippen LogP contribution in [0.4, 0.5) is 11.4 Å². The highest BCUT2D eigenvalue weighted by molar-refractivity contribution is 5.93. The normalized spacial score (nSPS) is 12.2. The lowest BCUT2D eigenvalue weighted by Crippen LogP contribution is -2.23. The summed E-state index contributed by atoms with van der Waals surface area (Å²) in [5.41, 5.74) is 5.77. The minimum Gasteiger partial charge on any atom is -0.330 e. The molecule has 0 aromatic heterocycles. The van der Waals surface area contributed by atoms with E-state index in [2.05, 4.69) is 19.2 Å². The summed E-state index contributed by atoms with van der Waals surface area (Å²) in [5, 5.41) is 13.5. The summed E-state index contributed by atoms with van der Waals surface area (Å²) in [6, 6.07) is 6.10. The quantitative estimate of drug-likeness (QED) is 0.592. The molecule has 20 heavy (non-hydrogen) atoms. The number of hydrogen-bond donors (Lipinski definition) is 2. The van der Waals surface area contributed by atoms with Crippen molar-refractivity contribution >= 4 is 17.3 Å². The van der Waals surface area contributed by atoms with Crippen LogP contribution in [0.3, 0.4) is 0 Å². The van der Waals surface area contributed by atoms with Crippen molar-refractivity contribution in [2.75, 3.05) is 11.9 Å². The lowest BCUT2D eigenvalue weighted by atomic mass is 9.94. The number of carbonyl (C=O) groups excluding carboxylic acids is 1. The first-order valence-corrected chi connectivity index (χ1v) is 6.67. The fraction of sp³-hybridized carbons (Fsp3) is 0.500. The van der Waals surface area contributed by atoms with Gasteiger partial charge in [0.2, 0.25) is 5.91 Å². The number of nitro groups is 1. The number of carbonyl (C=O) groups is 1. The minimum absolute atomic E-state index is 0.0952. The smallest absolute Gasteiger partial charge is 0.292 e. The first-order chi connectivity index (χ1) is 9.43. The van der Waals surface area contributed by atoms with Gasteiger partial charge in [0, 0.05) is 12.5 Å². The molecule has 1 aromatic rings. The molecule has 3 N–H and O–H groups in total. The Labute approximate surface area is 118 Å². The Hall–Kier alpha value is -1.95. The zero-order chi connectivity index (χ0) is 15.1. The van der Waals surface area contributed by atoms with Gasteiger partial charge in [-0.05, 0) is 30.9 Å². The molecule has 1 atom stereocenters. The number of nitro benzene ring substituents is 1. The van der Waals surface area contributed by atoms with E-state index in [0.717, 1.165) is 6.42 Å². The fourth-order valence-electron chi connectivity index (χ4n) is 2.13. The van der Waals surface area contributed by atoms with Crippen molar-refractivity contribution in [3.63, 3.8) is 0 Å². The molecule has 1 amide bonds. The molecular formula is C14H21N3O3. The van der Waals surface area contributed by atoms with Crippen molar-refractivity contribution in [1.29, 1.82) is 0 Å². The number of nitrogens with two attached hydrogens (primary N) is 1. The summed E-state index contributed by atoms with van der Waals surface area (Å²) in [4.78, 5) is 22.3. The highest BCUT2D eigenvalue weighted by Crippen LogP contribution is 2.24. The Balaban J connectivity index is 2.69. The topological polar surface area (TPSA) is 98.3 Å². The lowest BCUT2D eigenvalue weighted by molar-refractivity contribution is -0.383. The van der Waals surface area contributed by atoms with Crippen LogP contribution in [0, 0.1) is 22.0 Å². The van der Waals surface area contributed by atoms with Crippen LogP contribution in [-0.4, -0.2) is 17.4 Å². The maximum atomic E-state index is 11.9. The number of para-hydroxylation sites is 2. The molecule has 0 unspecified atom stereocenters. The molecule has 0 aliphatic carbocycles. The van der Waals surface area contributed by atoms with E-state index in [9.17, 15) is 14.9 Å². The largest absolute Gasteiger partial charge is 0.330 e. The second kappa shape index (κ2) is 7.59. The van der Waals surface area contributed by atoms with Gasteiger partial charge in [0.15, 0.2) is 0 Å². The molecule has 0 saturated heterocycles. The molecule has 110 valence electrons. The molecule has 0 radical (unpaired) electrons. The summed E-state index contributed by atoms with van der Waals surface area (Å²) in [5.74, 6) is 0.315. The van der Waals surface area contributed by atoms with Gasteiger partial charge in [0.25, 0.3) is 5.69 Å². The molecule has 0 heterocycles. The summed E-state index contributed by atoms with van der Waals surface area (Å²) < 4.78 is 0. The van der Waals surface area contributed by atoms with Crippen molar-refractivity contribution in [2.45, 2.75) is 26.7 Å². The van der Waals surface area contributed by atoms with Gasteiger partial charge in [-0.25, -0.2) is 0 Å². The van der Waals surface area contributed by atoms with E-state index in [0.29, 0.717) is 12.5 Å². The number of anilines is 1. The van der Waals surface area contributed by atoms with Gasteiger partial charge in [0.1, 0.15) is 5.69 Å². The van der Waals surface area contributed by atoms with Crippen LogP contribution in [0.1, 0.15) is 26.7 Å². The standard InChI is InChI=1S/C14H21N3O3/c1-10(2)7-11(9-15)8-14(18)16-12-5-3-4-6-13(12)17(19)20/h3-6,10-11H,7-9,15H2,1-2H3,(H,16,18)/t11-/m0/s1. The molecule has 1 aromatic carbocycles. The number of amides is 1. The molecular weight excluding hydrogens is 258 g/mol. The molecule has 0 aliphatic rings. The molecule has 0 fully saturated rings. The number of rotatable bonds is 7. The van der Waals surface area contributed by atoms with Gasteiger partial charge < -0.3 is 11.1 Å². The molecule has 0 bridgehead atoms. The molecule has 1 rings (SSSR count).